The van der Waals surface area contributed by atoms with Crippen LogP contribution in [0.3, 0.4) is 0 Å². The minimum atomic E-state index is -0.0571. The smallest absolute Gasteiger partial charge is 0.238 e. The van der Waals surface area contributed by atoms with Gasteiger partial charge in [-0.1, -0.05) is 26.0 Å². The molecule has 0 aromatic heterocycles. The van der Waals surface area contributed by atoms with E-state index < -0.39 is 0 Å². The molecule has 0 aliphatic heterocycles. The van der Waals surface area contributed by atoms with Crippen LogP contribution >= 0.6 is 0 Å². The second kappa shape index (κ2) is 7.77. The summed E-state index contributed by atoms with van der Waals surface area (Å²) in [6.45, 7) is 5.82. The molecule has 5 heteroatoms. The van der Waals surface area contributed by atoms with E-state index in [0.29, 0.717) is 19.5 Å². The molecule has 0 heterocycles. The largest absolute Gasteiger partial charge is 0.330 e. The predicted molar refractivity (Wildman–Crippen MR) is 84.7 cm³/mol. The van der Waals surface area contributed by atoms with E-state index in [2.05, 4.69) is 25.2 Å². The Labute approximate surface area is 126 Å². The number of nitrogens with one attached hydrogen (secondary N) is 1. The van der Waals surface area contributed by atoms with Crippen molar-refractivity contribution in [2.75, 3.05) is 32.0 Å². The van der Waals surface area contributed by atoms with Gasteiger partial charge in [0.25, 0.3) is 0 Å². The Balaban J connectivity index is 2.48. The fourth-order valence-corrected chi connectivity index (χ4v) is 2.09. The fraction of sp³-hybridized carbons (Fsp3) is 0.500. The Kier molecular flexibility index (Phi) is 6.35. The number of likely N-dealkylation sites (N-methyl/N-ethyl adjacent to an activating group) is 1. The van der Waals surface area contributed by atoms with Crippen LogP contribution in [0.5, 0.6) is 0 Å². The minimum Gasteiger partial charge on any atom is -0.330 e. The predicted octanol–water partition coefficient (Wildman–Crippen LogP) is 1.61. The number of rotatable bonds is 7. The zero-order valence-electron chi connectivity index (χ0n) is 13.0. The van der Waals surface area contributed by atoms with Crippen LogP contribution in [0.1, 0.15) is 19.4 Å². The quantitative estimate of drug-likeness (QED) is 0.798. The van der Waals surface area contributed by atoms with Crippen LogP contribution in [-0.4, -0.2) is 37.5 Å². The lowest BCUT2D eigenvalue weighted by atomic mass is 9.93. The molecule has 114 valence electrons. The van der Waals surface area contributed by atoms with Crippen molar-refractivity contribution in [3.05, 3.63) is 29.8 Å². The summed E-state index contributed by atoms with van der Waals surface area (Å²) in [4.78, 5) is 13.9. The van der Waals surface area contributed by atoms with Crippen LogP contribution in [0.2, 0.25) is 0 Å². The molecule has 0 radical (unpaired) electrons. The highest BCUT2D eigenvalue weighted by Crippen LogP contribution is 2.14. The summed E-state index contributed by atoms with van der Waals surface area (Å²) in [5.74, 6) is -0.0571. The van der Waals surface area contributed by atoms with Gasteiger partial charge in [-0.25, -0.2) is 0 Å². The molecule has 1 amide bonds. The Morgan fingerprint density at radius 1 is 1.38 bits per heavy atom. The van der Waals surface area contributed by atoms with E-state index in [1.54, 1.807) is 0 Å². The standard InChI is InChI=1S/C16H24N4O/c1-16(2,11-18)12-20(3)10-15(21)19-14-6-4-13(5-7-14)8-9-17/h4-7H,8,10-12,18H2,1-3H3,(H,19,21). The first-order valence-corrected chi connectivity index (χ1v) is 7.00. The molecular weight excluding hydrogens is 264 g/mol. The van der Waals surface area contributed by atoms with Gasteiger partial charge in [0.2, 0.25) is 5.91 Å². The van der Waals surface area contributed by atoms with Crippen LogP contribution in [0.25, 0.3) is 0 Å². The lowest BCUT2D eigenvalue weighted by Crippen LogP contribution is -2.40. The van der Waals surface area contributed by atoms with Gasteiger partial charge in [-0.2, -0.15) is 5.26 Å². The van der Waals surface area contributed by atoms with Crippen LogP contribution in [0.4, 0.5) is 5.69 Å². The first-order valence-electron chi connectivity index (χ1n) is 7.00. The van der Waals surface area contributed by atoms with E-state index >= 15 is 0 Å². The number of nitrogens with two attached hydrogens (primary N) is 1. The molecule has 0 bridgehead atoms. The van der Waals surface area contributed by atoms with Gasteiger partial charge in [0, 0.05) is 12.2 Å². The molecular formula is C16H24N4O. The van der Waals surface area contributed by atoms with Gasteiger partial charge < -0.3 is 11.1 Å². The van der Waals surface area contributed by atoms with Crippen molar-refractivity contribution in [3.63, 3.8) is 0 Å². The molecule has 1 aromatic rings. The zero-order valence-corrected chi connectivity index (χ0v) is 13.0. The summed E-state index contributed by atoms with van der Waals surface area (Å²) in [5.41, 5.74) is 7.38. The normalized spacial score (nSPS) is 11.2. The van der Waals surface area contributed by atoms with Gasteiger partial charge in [0.1, 0.15) is 0 Å². The van der Waals surface area contributed by atoms with Crippen LogP contribution in [0, 0.1) is 16.7 Å². The molecule has 0 aliphatic carbocycles. The molecule has 3 N–H and O–H groups in total. The first-order chi connectivity index (χ1) is 9.86. The number of nitrogens with zero attached hydrogens (tertiary/aromatic N) is 2. The van der Waals surface area contributed by atoms with E-state index in [1.165, 1.54) is 0 Å². The Hall–Kier alpha value is -1.90. The SMILES string of the molecule is CN(CC(=O)Nc1ccc(CC#N)cc1)CC(C)(C)CN. The van der Waals surface area contributed by atoms with Crippen molar-refractivity contribution in [2.45, 2.75) is 20.3 Å². The third-order valence-electron chi connectivity index (χ3n) is 3.18. The lowest BCUT2D eigenvalue weighted by molar-refractivity contribution is -0.117. The number of benzene rings is 1. The Morgan fingerprint density at radius 3 is 2.52 bits per heavy atom. The van der Waals surface area contributed by atoms with Gasteiger partial charge in [-0.15, -0.1) is 0 Å². The topological polar surface area (TPSA) is 82.2 Å². The molecule has 1 rings (SSSR count). The van der Waals surface area contributed by atoms with Crippen molar-refractivity contribution in [1.29, 1.82) is 5.26 Å². The van der Waals surface area contributed by atoms with Crippen molar-refractivity contribution >= 4 is 11.6 Å². The van der Waals surface area contributed by atoms with E-state index in [0.717, 1.165) is 17.8 Å². The van der Waals surface area contributed by atoms with Gasteiger partial charge in [-0.05, 0) is 36.7 Å². The van der Waals surface area contributed by atoms with Crippen molar-refractivity contribution < 1.29 is 4.79 Å². The second-order valence-corrected chi connectivity index (χ2v) is 6.12. The maximum absolute atomic E-state index is 12.0. The average molecular weight is 288 g/mol. The van der Waals surface area contributed by atoms with E-state index in [9.17, 15) is 4.79 Å². The maximum Gasteiger partial charge on any atom is 0.238 e. The summed E-state index contributed by atoms with van der Waals surface area (Å²) < 4.78 is 0. The molecule has 0 aliphatic rings. The number of hydrogen-bond donors (Lipinski definition) is 2. The zero-order chi connectivity index (χ0) is 15.9. The van der Waals surface area contributed by atoms with Crippen molar-refractivity contribution in [1.82, 2.24) is 4.90 Å². The number of hydrogen-bond acceptors (Lipinski definition) is 4. The third-order valence-corrected chi connectivity index (χ3v) is 3.18. The van der Waals surface area contributed by atoms with Gasteiger partial charge >= 0.3 is 0 Å². The van der Waals surface area contributed by atoms with Crippen molar-refractivity contribution in [3.8, 4) is 6.07 Å². The maximum atomic E-state index is 12.0. The van der Waals surface area contributed by atoms with Gasteiger partial charge in [-0.3, -0.25) is 9.69 Å². The number of carbonyl (C=O) groups excluding carboxylic acids is 1. The number of anilines is 1. The van der Waals surface area contributed by atoms with E-state index in [-0.39, 0.29) is 11.3 Å². The molecule has 0 spiro atoms. The van der Waals surface area contributed by atoms with Crippen molar-refractivity contribution in [2.24, 2.45) is 11.1 Å². The highest BCUT2D eigenvalue weighted by molar-refractivity contribution is 5.92. The Bertz CT molecular complexity index is 502. The van der Waals surface area contributed by atoms with E-state index in [1.807, 2.05) is 36.2 Å². The Morgan fingerprint density at radius 2 is 2.00 bits per heavy atom. The first kappa shape index (κ1) is 17.2. The summed E-state index contributed by atoms with van der Waals surface area (Å²) in [6.07, 6.45) is 0.380. The third kappa shape index (κ3) is 6.39. The minimum absolute atomic E-state index is 0.00598. The fourth-order valence-electron chi connectivity index (χ4n) is 2.09. The summed E-state index contributed by atoms with van der Waals surface area (Å²) in [6, 6.07) is 9.42. The highest BCUT2D eigenvalue weighted by Gasteiger charge is 2.19. The highest BCUT2D eigenvalue weighted by atomic mass is 16.2. The monoisotopic (exact) mass is 288 g/mol. The molecule has 0 fully saturated rings. The summed E-state index contributed by atoms with van der Waals surface area (Å²) >= 11 is 0. The number of amides is 1. The number of nitriles is 1. The van der Waals surface area contributed by atoms with Crippen LogP contribution in [-0.2, 0) is 11.2 Å². The molecule has 0 atom stereocenters. The summed E-state index contributed by atoms with van der Waals surface area (Å²) in [5, 5.41) is 11.5. The molecule has 0 saturated carbocycles. The molecule has 1 aromatic carbocycles. The van der Waals surface area contributed by atoms with Gasteiger partial charge in [0.05, 0.1) is 19.0 Å². The van der Waals surface area contributed by atoms with Gasteiger partial charge in [0.15, 0.2) is 0 Å². The molecule has 0 saturated heterocycles. The van der Waals surface area contributed by atoms with E-state index in [4.69, 9.17) is 11.0 Å². The number of carbonyl (C=O) groups is 1. The molecule has 21 heavy (non-hydrogen) atoms. The van der Waals surface area contributed by atoms with Crippen LogP contribution in [0.15, 0.2) is 24.3 Å². The van der Waals surface area contributed by atoms with Crippen LogP contribution < -0.4 is 11.1 Å². The average Bonchev–Trinajstić information content (AvgIpc) is 2.40. The summed E-state index contributed by atoms with van der Waals surface area (Å²) in [7, 11) is 1.91. The lowest BCUT2D eigenvalue weighted by Gasteiger charge is -2.28. The molecule has 5 nitrogen and oxygen atoms in total. The molecule has 0 unspecified atom stereocenters. The second-order valence-electron chi connectivity index (χ2n) is 6.12.